The van der Waals surface area contributed by atoms with E-state index >= 15 is 0 Å². The summed E-state index contributed by atoms with van der Waals surface area (Å²) in [6, 6.07) is 0. The van der Waals surface area contributed by atoms with Gasteiger partial charge in [-0.2, -0.15) is 0 Å². The van der Waals surface area contributed by atoms with Crippen LogP contribution in [0.2, 0.25) is 0 Å². The van der Waals surface area contributed by atoms with Crippen LogP contribution in [0.4, 0.5) is 0 Å². The molecule has 0 bridgehead atoms. The number of ether oxygens (including phenoxy) is 2. The van der Waals surface area contributed by atoms with Crippen molar-refractivity contribution in [1.82, 2.24) is 4.90 Å². The summed E-state index contributed by atoms with van der Waals surface area (Å²) in [6.45, 7) is 12.4. The van der Waals surface area contributed by atoms with Gasteiger partial charge in [-0.3, -0.25) is 4.79 Å². The lowest BCUT2D eigenvalue weighted by atomic mass is 10.5. The molecule has 17 heavy (non-hydrogen) atoms. The van der Waals surface area contributed by atoms with E-state index in [-0.39, 0.29) is 0 Å². The molecule has 0 aliphatic rings. The van der Waals surface area contributed by atoms with Gasteiger partial charge in [0.25, 0.3) is 5.97 Å². The minimum Gasteiger partial charge on any atom is -0.481 e. The lowest BCUT2D eigenvalue weighted by Gasteiger charge is -2.16. The SMILES string of the molecule is CC(=O)O.CCN(CC)CCOC.CCOC. The fraction of sp³-hybridized carbons (Fsp3) is 0.917. The number of rotatable bonds is 6. The molecule has 0 atom stereocenters. The number of hydrogen-bond donors (Lipinski definition) is 1. The zero-order valence-corrected chi connectivity index (χ0v) is 12.2. The molecule has 5 heteroatoms. The maximum absolute atomic E-state index is 9.00. The fourth-order valence-electron chi connectivity index (χ4n) is 0.760. The van der Waals surface area contributed by atoms with E-state index in [1.807, 2.05) is 6.92 Å². The highest BCUT2D eigenvalue weighted by Crippen LogP contribution is 1.84. The van der Waals surface area contributed by atoms with E-state index in [1.165, 1.54) is 0 Å². The van der Waals surface area contributed by atoms with Gasteiger partial charge in [0.05, 0.1) is 6.61 Å². The first kappa shape index (κ1) is 21.6. The number of nitrogens with zero attached hydrogens (tertiary/aromatic N) is 1. The van der Waals surface area contributed by atoms with Crippen LogP contribution in [-0.4, -0.2) is 63.0 Å². The van der Waals surface area contributed by atoms with Gasteiger partial charge >= 0.3 is 0 Å². The van der Waals surface area contributed by atoms with Crippen molar-refractivity contribution in [2.75, 3.05) is 47.1 Å². The molecule has 0 spiro atoms. The number of likely N-dealkylation sites (N-methyl/N-ethyl adjacent to an activating group) is 1. The highest BCUT2D eigenvalue weighted by atomic mass is 16.5. The minimum atomic E-state index is -0.833. The van der Waals surface area contributed by atoms with Gasteiger partial charge in [-0.25, -0.2) is 0 Å². The Balaban J connectivity index is -0.000000205. The molecule has 0 saturated carbocycles. The van der Waals surface area contributed by atoms with Crippen molar-refractivity contribution in [2.45, 2.75) is 27.7 Å². The van der Waals surface area contributed by atoms with Crippen LogP contribution in [0.3, 0.4) is 0 Å². The molecule has 0 heterocycles. The summed E-state index contributed by atoms with van der Waals surface area (Å²) in [6.07, 6.45) is 0. The van der Waals surface area contributed by atoms with Crippen LogP contribution in [0, 0.1) is 0 Å². The predicted molar refractivity (Wildman–Crippen MR) is 70.5 cm³/mol. The van der Waals surface area contributed by atoms with Gasteiger partial charge in [0, 0.05) is 34.3 Å². The molecule has 0 saturated heterocycles. The molecule has 0 rings (SSSR count). The van der Waals surface area contributed by atoms with Crippen LogP contribution in [0.25, 0.3) is 0 Å². The van der Waals surface area contributed by atoms with Gasteiger partial charge in [-0.15, -0.1) is 0 Å². The average molecular weight is 251 g/mol. The lowest BCUT2D eigenvalue weighted by Crippen LogP contribution is -2.26. The summed E-state index contributed by atoms with van der Waals surface area (Å²) < 4.78 is 9.48. The standard InChI is InChI=1S/C7H17NO.C3H8O.C2H4O2/c1-4-8(5-2)6-7-9-3;1-3-4-2;1-2(3)4/h4-7H2,1-3H3;3H2,1-2H3;1H3,(H,3,4). The van der Waals surface area contributed by atoms with Gasteiger partial charge < -0.3 is 19.5 Å². The fourth-order valence-corrected chi connectivity index (χ4v) is 0.760. The van der Waals surface area contributed by atoms with Gasteiger partial charge in [0.1, 0.15) is 0 Å². The largest absolute Gasteiger partial charge is 0.481 e. The van der Waals surface area contributed by atoms with E-state index in [1.54, 1.807) is 14.2 Å². The van der Waals surface area contributed by atoms with E-state index < -0.39 is 5.97 Å². The normalized spacial score (nSPS) is 8.88. The highest BCUT2D eigenvalue weighted by Gasteiger charge is 1.95. The molecule has 0 fully saturated rings. The Kier molecular flexibility index (Phi) is 26.4. The molecule has 0 amide bonds. The summed E-state index contributed by atoms with van der Waals surface area (Å²) in [5.41, 5.74) is 0. The van der Waals surface area contributed by atoms with Crippen molar-refractivity contribution < 1.29 is 19.4 Å². The number of methoxy groups -OCH3 is 2. The molecule has 0 aliphatic carbocycles. The van der Waals surface area contributed by atoms with Crippen LogP contribution in [0.5, 0.6) is 0 Å². The number of carbonyl (C=O) groups is 1. The predicted octanol–water partition coefficient (Wildman–Crippen LogP) is 1.72. The monoisotopic (exact) mass is 251 g/mol. The van der Waals surface area contributed by atoms with Crippen molar-refractivity contribution in [3.63, 3.8) is 0 Å². The van der Waals surface area contributed by atoms with Gasteiger partial charge in [-0.1, -0.05) is 13.8 Å². The van der Waals surface area contributed by atoms with Crippen molar-refractivity contribution in [3.8, 4) is 0 Å². The minimum absolute atomic E-state index is 0.819. The van der Waals surface area contributed by atoms with Crippen LogP contribution in [0.15, 0.2) is 0 Å². The Morgan fingerprint density at radius 1 is 1.12 bits per heavy atom. The van der Waals surface area contributed by atoms with Crippen LogP contribution in [-0.2, 0) is 14.3 Å². The van der Waals surface area contributed by atoms with Crippen molar-refractivity contribution >= 4 is 5.97 Å². The van der Waals surface area contributed by atoms with E-state index in [2.05, 4.69) is 23.5 Å². The molecule has 0 unspecified atom stereocenters. The third kappa shape index (κ3) is 39.2. The third-order valence-corrected chi connectivity index (χ3v) is 1.79. The number of carboxylic acids is 1. The van der Waals surface area contributed by atoms with Crippen molar-refractivity contribution in [3.05, 3.63) is 0 Å². The summed E-state index contributed by atoms with van der Waals surface area (Å²) in [5.74, 6) is -0.833. The first-order chi connectivity index (χ1) is 7.99. The average Bonchev–Trinajstić information content (AvgIpc) is 2.30. The maximum Gasteiger partial charge on any atom is 0.300 e. The maximum atomic E-state index is 9.00. The van der Waals surface area contributed by atoms with E-state index in [9.17, 15) is 0 Å². The summed E-state index contributed by atoms with van der Waals surface area (Å²) >= 11 is 0. The topological polar surface area (TPSA) is 59.0 Å². The molecule has 0 radical (unpaired) electrons. The zero-order valence-electron chi connectivity index (χ0n) is 12.2. The Morgan fingerprint density at radius 2 is 1.47 bits per heavy atom. The van der Waals surface area contributed by atoms with Gasteiger partial charge in [-0.05, 0) is 20.0 Å². The summed E-state index contributed by atoms with van der Waals surface area (Å²) in [7, 11) is 3.42. The van der Waals surface area contributed by atoms with Crippen LogP contribution < -0.4 is 0 Å². The zero-order chi connectivity index (χ0) is 14.1. The summed E-state index contributed by atoms with van der Waals surface area (Å²) in [4.78, 5) is 11.3. The quantitative estimate of drug-likeness (QED) is 0.779. The molecular formula is C12H29NO4. The molecule has 1 N–H and O–H groups in total. The molecule has 5 nitrogen and oxygen atoms in total. The van der Waals surface area contributed by atoms with Crippen LogP contribution >= 0.6 is 0 Å². The van der Waals surface area contributed by atoms with Crippen molar-refractivity contribution in [2.24, 2.45) is 0 Å². The lowest BCUT2D eigenvalue weighted by molar-refractivity contribution is -0.134. The second kappa shape index (κ2) is 20.7. The van der Waals surface area contributed by atoms with E-state index in [0.717, 1.165) is 39.8 Å². The Labute approximate surface area is 106 Å². The molecule has 0 aromatic heterocycles. The van der Waals surface area contributed by atoms with Gasteiger partial charge in [0.15, 0.2) is 0 Å². The van der Waals surface area contributed by atoms with Crippen LogP contribution in [0.1, 0.15) is 27.7 Å². The van der Waals surface area contributed by atoms with Gasteiger partial charge in [0.2, 0.25) is 0 Å². The highest BCUT2D eigenvalue weighted by molar-refractivity contribution is 5.62. The second-order valence-corrected chi connectivity index (χ2v) is 3.12. The first-order valence-corrected chi connectivity index (χ1v) is 5.89. The number of carboxylic acid groups (broad SMARTS) is 1. The second-order valence-electron chi connectivity index (χ2n) is 3.12. The third-order valence-electron chi connectivity index (χ3n) is 1.79. The molecule has 0 aromatic carbocycles. The first-order valence-electron chi connectivity index (χ1n) is 5.89. The molecular weight excluding hydrogens is 222 g/mol. The van der Waals surface area contributed by atoms with E-state index in [0.29, 0.717) is 0 Å². The number of aliphatic carboxylic acids is 1. The Morgan fingerprint density at radius 3 is 1.65 bits per heavy atom. The Bertz CT molecular complexity index is 132. The molecule has 0 aliphatic heterocycles. The smallest absolute Gasteiger partial charge is 0.300 e. The number of hydrogen-bond acceptors (Lipinski definition) is 4. The van der Waals surface area contributed by atoms with Crippen molar-refractivity contribution in [1.29, 1.82) is 0 Å². The molecule has 0 aromatic rings. The Hall–Kier alpha value is -0.650. The summed E-state index contributed by atoms with van der Waals surface area (Å²) in [5, 5.41) is 7.42. The molecule has 106 valence electrons. The van der Waals surface area contributed by atoms with E-state index in [4.69, 9.17) is 14.6 Å².